The molecule has 0 aliphatic heterocycles. The summed E-state index contributed by atoms with van der Waals surface area (Å²) in [5.41, 5.74) is 0. The van der Waals surface area contributed by atoms with Gasteiger partial charge in [-0.3, -0.25) is 0 Å². The van der Waals surface area contributed by atoms with Crippen molar-refractivity contribution in [2.45, 2.75) is 12.7 Å². The molecule has 0 aromatic rings. The third kappa shape index (κ3) is 18.4. The molecule has 0 bridgehead atoms. The number of nitrogens with one attached hydrogen (secondary N) is 1. The van der Waals surface area contributed by atoms with Gasteiger partial charge in [0.25, 0.3) is 0 Å². The Kier molecular flexibility index (Phi) is 16.3. The molecule has 128 valence electrons. The molecule has 0 saturated carbocycles. The lowest BCUT2D eigenvalue weighted by Crippen LogP contribution is -2.36. The fourth-order valence-electron chi connectivity index (χ4n) is 1.05. The Balaban J connectivity index is 0. The van der Waals surface area contributed by atoms with E-state index in [2.05, 4.69) is 11.3 Å². The van der Waals surface area contributed by atoms with E-state index in [0.29, 0.717) is 19.8 Å². The quantitative estimate of drug-likeness (QED) is 0.108. The Hall–Kier alpha value is -1.61. The van der Waals surface area contributed by atoms with Crippen LogP contribution in [0.5, 0.6) is 0 Å². The highest BCUT2D eigenvalue weighted by atomic mass is 16.7. The molecular weight excluding hydrogens is 298 g/mol. The minimum absolute atomic E-state index is 0.0123. The van der Waals surface area contributed by atoms with E-state index in [-0.39, 0.29) is 26.4 Å². The highest BCUT2D eigenvalue weighted by Gasteiger charge is 2.24. The maximum atomic E-state index is 10.9. The zero-order chi connectivity index (χ0) is 17.3. The summed E-state index contributed by atoms with van der Waals surface area (Å²) in [5, 5.41) is 23.5. The Morgan fingerprint density at radius 2 is 1.68 bits per heavy atom. The number of esters is 1. The van der Waals surface area contributed by atoms with Crippen LogP contribution in [0.25, 0.3) is 0 Å². The summed E-state index contributed by atoms with van der Waals surface area (Å²) in [5.74, 6) is -2.40. The first-order valence-electron chi connectivity index (χ1n) is 6.39. The lowest BCUT2D eigenvalue weighted by molar-refractivity contribution is -0.216. The van der Waals surface area contributed by atoms with Crippen LogP contribution < -0.4 is 0 Å². The van der Waals surface area contributed by atoms with Gasteiger partial charge in [-0.05, 0) is 0 Å². The van der Waals surface area contributed by atoms with Crippen molar-refractivity contribution in [2.24, 2.45) is 0 Å². The number of rotatable bonds is 12. The smallest absolute Gasteiger partial charge is 0.332 e. The van der Waals surface area contributed by atoms with Crippen LogP contribution in [0.2, 0.25) is 0 Å². The topological polar surface area (TPSA) is 135 Å². The minimum atomic E-state index is -1.69. The molecule has 0 aliphatic rings. The van der Waals surface area contributed by atoms with Crippen molar-refractivity contribution >= 4 is 12.0 Å². The predicted molar refractivity (Wildman–Crippen MR) is 74.9 cm³/mol. The molecule has 0 aromatic heterocycles. The van der Waals surface area contributed by atoms with Crippen LogP contribution in [0, 0.1) is 5.41 Å². The third-order valence-corrected chi connectivity index (χ3v) is 1.84. The maximum Gasteiger partial charge on any atom is 0.332 e. The van der Waals surface area contributed by atoms with Gasteiger partial charge in [0, 0.05) is 13.0 Å². The zero-order valence-electron chi connectivity index (χ0n) is 12.6. The normalized spacial score (nSPS) is 12.3. The van der Waals surface area contributed by atoms with Gasteiger partial charge < -0.3 is 29.2 Å². The van der Waals surface area contributed by atoms with Crippen LogP contribution in [-0.2, 0) is 28.5 Å². The highest BCUT2D eigenvalue weighted by Crippen LogP contribution is 2.06. The van der Waals surface area contributed by atoms with Gasteiger partial charge in [-0.1, -0.05) is 6.58 Å². The number of aliphatic hydroxyl groups is 2. The molecule has 3 N–H and O–H groups in total. The van der Waals surface area contributed by atoms with Gasteiger partial charge in [0.1, 0.15) is 6.61 Å². The molecule has 0 aromatic carbocycles. The first-order valence-corrected chi connectivity index (χ1v) is 6.39. The van der Waals surface area contributed by atoms with E-state index in [0.717, 1.165) is 12.2 Å². The molecule has 0 rings (SSSR count). The van der Waals surface area contributed by atoms with Gasteiger partial charge in [-0.2, -0.15) is 0 Å². The van der Waals surface area contributed by atoms with E-state index in [1.807, 2.05) is 0 Å². The Labute approximate surface area is 128 Å². The van der Waals surface area contributed by atoms with Crippen molar-refractivity contribution in [3.63, 3.8) is 0 Å². The van der Waals surface area contributed by atoms with Crippen molar-refractivity contribution in [3.8, 4) is 0 Å². The number of ether oxygens (including phenoxy) is 4. The van der Waals surface area contributed by atoms with Gasteiger partial charge in [0.2, 0.25) is 11.9 Å². The summed E-state index contributed by atoms with van der Waals surface area (Å²) in [6.45, 7) is 6.03. The van der Waals surface area contributed by atoms with Crippen LogP contribution in [0.1, 0.15) is 6.92 Å². The number of carbonyl (C=O) groups excluding carboxylic acids is 2. The average Bonchev–Trinajstić information content (AvgIpc) is 2.45. The lowest BCUT2D eigenvalue weighted by Gasteiger charge is -2.22. The predicted octanol–water partition coefficient (Wildman–Crippen LogP) is -0.633. The lowest BCUT2D eigenvalue weighted by atomic mass is 10.3. The van der Waals surface area contributed by atoms with Crippen LogP contribution in [0.4, 0.5) is 0 Å². The van der Waals surface area contributed by atoms with Gasteiger partial charge in [-0.15, -0.1) is 0 Å². The van der Waals surface area contributed by atoms with Crippen LogP contribution in [0.3, 0.4) is 0 Å². The fourth-order valence-corrected chi connectivity index (χ4v) is 1.05. The molecule has 1 unspecified atom stereocenters. The number of carbonyl (C=O) groups is 1. The first-order chi connectivity index (χ1) is 10.4. The molecule has 0 amide bonds. The molecule has 0 aliphatic carbocycles. The summed E-state index contributed by atoms with van der Waals surface area (Å²) in [7, 11) is 0. The Bertz CT molecular complexity index is 326. The molecular formula is C13H23NO8. The molecule has 9 nitrogen and oxygen atoms in total. The standard InChI is InChI=1S/C12H22O7.CHNO/c1-3-11(14)19-12(2,15)10-18-9-8-17-7-6-16-5-4-13;2-1-3/h3,13,15H,1,4-10H2,2H3;2H. The molecule has 0 radical (unpaired) electrons. The van der Waals surface area contributed by atoms with Crippen LogP contribution in [-0.4, -0.2) is 74.3 Å². The fraction of sp³-hybridized carbons (Fsp3) is 0.692. The highest BCUT2D eigenvalue weighted by molar-refractivity contribution is 5.81. The second kappa shape index (κ2) is 15.8. The van der Waals surface area contributed by atoms with Gasteiger partial charge in [0.15, 0.2) is 0 Å². The van der Waals surface area contributed by atoms with Crippen molar-refractivity contribution < 1.29 is 38.7 Å². The zero-order valence-corrected chi connectivity index (χ0v) is 12.6. The van der Waals surface area contributed by atoms with Crippen molar-refractivity contribution in [1.29, 1.82) is 5.41 Å². The van der Waals surface area contributed by atoms with Crippen molar-refractivity contribution in [3.05, 3.63) is 12.7 Å². The van der Waals surface area contributed by atoms with E-state index < -0.39 is 11.8 Å². The Morgan fingerprint density at radius 1 is 1.23 bits per heavy atom. The molecule has 0 fully saturated rings. The summed E-state index contributed by atoms with van der Waals surface area (Å²) in [6.07, 6.45) is 1.71. The summed E-state index contributed by atoms with van der Waals surface area (Å²) in [4.78, 5) is 19.2. The molecule has 9 heteroatoms. The number of hydrogen-bond acceptors (Lipinski definition) is 9. The second-order valence-corrected chi connectivity index (χ2v) is 3.90. The molecule has 0 heterocycles. The van der Waals surface area contributed by atoms with Crippen LogP contribution >= 0.6 is 0 Å². The van der Waals surface area contributed by atoms with Gasteiger partial charge in [0.05, 0.1) is 39.6 Å². The second-order valence-electron chi connectivity index (χ2n) is 3.90. The molecule has 0 saturated heterocycles. The largest absolute Gasteiger partial charge is 0.428 e. The summed E-state index contributed by atoms with van der Waals surface area (Å²) in [6, 6.07) is 0. The summed E-state index contributed by atoms with van der Waals surface area (Å²) >= 11 is 0. The SMILES string of the molecule is C=CC(=O)OC(C)(O)COCCOCCOCCO.N=C=O. The Morgan fingerprint density at radius 3 is 2.14 bits per heavy atom. The van der Waals surface area contributed by atoms with Crippen molar-refractivity contribution in [1.82, 2.24) is 0 Å². The van der Waals surface area contributed by atoms with E-state index in [4.69, 9.17) is 29.5 Å². The van der Waals surface area contributed by atoms with E-state index in [1.165, 1.54) is 6.92 Å². The minimum Gasteiger partial charge on any atom is -0.428 e. The van der Waals surface area contributed by atoms with Gasteiger partial charge in [-0.25, -0.2) is 15.0 Å². The van der Waals surface area contributed by atoms with E-state index in [9.17, 15) is 9.90 Å². The summed E-state index contributed by atoms with van der Waals surface area (Å²) < 4.78 is 19.9. The first kappa shape index (κ1) is 22.7. The van der Waals surface area contributed by atoms with Gasteiger partial charge >= 0.3 is 5.97 Å². The molecule has 1 atom stereocenters. The van der Waals surface area contributed by atoms with Crippen molar-refractivity contribution in [2.75, 3.05) is 46.2 Å². The third-order valence-electron chi connectivity index (χ3n) is 1.84. The number of isocyanates is 1. The average molecular weight is 321 g/mol. The van der Waals surface area contributed by atoms with Crippen LogP contribution in [0.15, 0.2) is 12.7 Å². The monoisotopic (exact) mass is 321 g/mol. The van der Waals surface area contributed by atoms with E-state index >= 15 is 0 Å². The number of aliphatic hydroxyl groups excluding tert-OH is 1. The van der Waals surface area contributed by atoms with E-state index in [1.54, 1.807) is 0 Å². The molecule has 0 spiro atoms. The number of hydrogen-bond donors (Lipinski definition) is 3. The maximum absolute atomic E-state index is 10.9. The molecule has 22 heavy (non-hydrogen) atoms.